The molecule has 0 radical (unpaired) electrons. The lowest BCUT2D eigenvalue weighted by Crippen LogP contribution is -2.39. The summed E-state index contributed by atoms with van der Waals surface area (Å²) in [6.45, 7) is 11.0. The molecule has 0 atom stereocenters. The molecule has 8 nitrogen and oxygen atoms in total. The number of benzene rings is 3. The summed E-state index contributed by atoms with van der Waals surface area (Å²) in [7, 11) is 0. The number of aryl methyl sites for hydroxylation is 1. The normalized spacial score (nSPS) is 14.2. The molecular formula is C34H39FN4O4. The Morgan fingerprint density at radius 1 is 0.977 bits per heavy atom. The van der Waals surface area contributed by atoms with Gasteiger partial charge in [-0.15, -0.1) is 0 Å². The molecule has 5 rings (SSSR count). The fraction of sp³-hybridized carbons (Fsp3) is 0.382. The number of carbonyl (C=O) groups excluding carboxylic acids is 2. The molecule has 226 valence electrons. The second-order valence-electron chi connectivity index (χ2n) is 12.1. The maximum Gasteiger partial charge on any atom is 0.253 e. The molecule has 0 aliphatic carbocycles. The van der Waals surface area contributed by atoms with Crippen molar-refractivity contribution < 1.29 is 23.5 Å². The Labute approximate surface area is 251 Å². The number of likely N-dealkylation sites (tertiary alicyclic amines) is 1. The number of halogens is 1. The molecule has 1 aliphatic rings. The Morgan fingerprint density at radius 3 is 2.28 bits per heavy atom. The average Bonchev–Trinajstić information content (AvgIpc) is 3.40. The summed E-state index contributed by atoms with van der Waals surface area (Å²) < 4.78 is 26.5. The summed E-state index contributed by atoms with van der Waals surface area (Å²) in [5, 5.41) is 8.69. The summed E-state index contributed by atoms with van der Waals surface area (Å²) in [5.41, 5.74) is 2.79. The first kappa shape index (κ1) is 30.2. The first-order valence-electron chi connectivity index (χ1n) is 14.8. The van der Waals surface area contributed by atoms with E-state index < -0.39 is 0 Å². The first-order chi connectivity index (χ1) is 20.6. The number of ether oxygens (including phenoxy) is 2. The van der Waals surface area contributed by atoms with E-state index >= 15 is 0 Å². The third-order valence-corrected chi connectivity index (χ3v) is 7.67. The molecule has 3 aromatic carbocycles. The molecule has 2 heterocycles. The van der Waals surface area contributed by atoms with Crippen molar-refractivity contribution in [1.29, 1.82) is 0 Å². The van der Waals surface area contributed by atoms with Gasteiger partial charge in [0.05, 0.1) is 17.7 Å². The average molecular weight is 587 g/mol. The van der Waals surface area contributed by atoms with Gasteiger partial charge in [-0.2, -0.15) is 5.10 Å². The van der Waals surface area contributed by atoms with Crippen LogP contribution < -0.4 is 10.1 Å². The van der Waals surface area contributed by atoms with Crippen molar-refractivity contribution in [3.8, 4) is 11.5 Å². The van der Waals surface area contributed by atoms with Crippen molar-refractivity contribution in [1.82, 2.24) is 20.0 Å². The van der Waals surface area contributed by atoms with Crippen LogP contribution in [0.25, 0.3) is 10.9 Å². The number of piperidine rings is 1. The maximum absolute atomic E-state index is 13.1. The van der Waals surface area contributed by atoms with Crippen LogP contribution in [-0.2, 0) is 11.3 Å². The Kier molecular flexibility index (Phi) is 9.11. The number of nitrogens with one attached hydrogen (secondary N) is 1. The number of amides is 2. The largest absolute Gasteiger partial charge is 0.457 e. The molecule has 0 bridgehead atoms. The van der Waals surface area contributed by atoms with Gasteiger partial charge < -0.3 is 19.7 Å². The van der Waals surface area contributed by atoms with Crippen molar-refractivity contribution >= 4 is 22.7 Å². The zero-order chi connectivity index (χ0) is 30.6. The number of hydrogen-bond acceptors (Lipinski definition) is 5. The Morgan fingerprint density at radius 2 is 1.63 bits per heavy atom. The van der Waals surface area contributed by atoms with E-state index in [4.69, 9.17) is 14.6 Å². The topological polar surface area (TPSA) is 85.7 Å². The van der Waals surface area contributed by atoms with Gasteiger partial charge in [-0.3, -0.25) is 14.3 Å². The lowest BCUT2D eigenvalue weighted by molar-refractivity contribution is -0.000659. The van der Waals surface area contributed by atoms with Crippen molar-refractivity contribution in [2.45, 2.75) is 52.7 Å². The van der Waals surface area contributed by atoms with Crippen LogP contribution in [0.5, 0.6) is 11.5 Å². The SMILES string of the molecule is Cc1c(C(=O)NCCOC(C)(C)C)ccc2nn(CC3CCN(C(=O)c4ccc(Oc5ccc(F)cc5)cc4)CC3)cc12. The van der Waals surface area contributed by atoms with Gasteiger partial charge in [0, 0.05) is 48.9 Å². The van der Waals surface area contributed by atoms with Crippen LogP contribution in [-0.4, -0.2) is 58.3 Å². The smallest absolute Gasteiger partial charge is 0.253 e. The van der Waals surface area contributed by atoms with Crippen LogP contribution >= 0.6 is 0 Å². The van der Waals surface area contributed by atoms with Gasteiger partial charge >= 0.3 is 0 Å². The predicted molar refractivity (Wildman–Crippen MR) is 164 cm³/mol. The molecule has 43 heavy (non-hydrogen) atoms. The summed E-state index contributed by atoms with van der Waals surface area (Å²) in [6, 6.07) is 16.6. The fourth-order valence-corrected chi connectivity index (χ4v) is 5.31. The van der Waals surface area contributed by atoms with Crippen LogP contribution in [0.15, 0.2) is 66.9 Å². The highest BCUT2D eigenvalue weighted by Crippen LogP contribution is 2.26. The number of fused-ring (bicyclic) bond motifs is 1. The third-order valence-electron chi connectivity index (χ3n) is 7.67. The molecule has 1 N–H and O–H groups in total. The van der Waals surface area contributed by atoms with E-state index in [0.29, 0.717) is 54.8 Å². The zero-order valence-electron chi connectivity index (χ0n) is 25.2. The standard InChI is InChI=1S/C34H39FN4O4/c1-23-29(32(40)36-17-20-42-34(2,3)4)13-14-31-30(23)22-39(37-31)21-24-15-18-38(19-16-24)33(41)25-5-9-27(10-6-25)43-28-11-7-26(35)8-12-28/h5-14,22,24H,15-21H2,1-4H3,(H,36,40). The van der Waals surface area contributed by atoms with Crippen molar-refractivity contribution in [3.05, 3.63) is 89.4 Å². The number of hydrogen-bond donors (Lipinski definition) is 1. The van der Waals surface area contributed by atoms with Crippen molar-refractivity contribution in [2.24, 2.45) is 5.92 Å². The van der Waals surface area contributed by atoms with Crippen molar-refractivity contribution in [3.63, 3.8) is 0 Å². The van der Waals surface area contributed by atoms with E-state index in [9.17, 15) is 14.0 Å². The van der Waals surface area contributed by atoms with Crippen LogP contribution in [0.4, 0.5) is 4.39 Å². The molecular weight excluding hydrogens is 547 g/mol. The maximum atomic E-state index is 13.1. The third kappa shape index (κ3) is 7.78. The lowest BCUT2D eigenvalue weighted by Gasteiger charge is -2.32. The Hall–Kier alpha value is -4.24. The van der Waals surface area contributed by atoms with E-state index in [0.717, 1.165) is 35.9 Å². The van der Waals surface area contributed by atoms with Crippen LogP contribution in [0, 0.1) is 18.7 Å². The minimum Gasteiger partial charge on any atom is -0.457 e. The van der Waals surface area contributed by atoms with E-state index in [-0.39, 0.29) is 23.2 Å². The van der Waals surface area contributed by atoms with E-state index in [1.54, 1.807) is 36.4 Å². The minimum absolute atomic E-state index is 0.00279. The van der Waals surface area contributed by atoms with Crippen LogP contribution in [0.3, 0.4) is 0 Å². The molecule has 0 saturated carbocycles. The quantitative estimate of drug-likeness (QED) is 0.230. The monoisotopic (exact) mass is 586 g/mol. The van der Waals surface area contributed by atoms with E-state index in [2.05, 4.69) is 5.32 Å². The second kappa shape index (κ2) is 13.0. The zero-order valence-corrected chi connectivity index (χ0v) is 25.2. The van der Waals surface area contributed by atoms with Gasteiger partial charge in [-0.25, -0.2) is 4.39 Å². The molecule has 2 amide bonds. The predicted octanol–water partition coefficient (Wildman–Crippen LogP) is 6.37. The van der Waals surface area contributed by atoms with Gasteiger partial charge in [-0.1, -0.05) is 0 Å². The Balaban J connectivity index is 1.13. The molecule has 9 heteroatoms. The van der Waals surface area contributed by atoms with Crippen LogP contribution in [0.2, 0.25) is 0 Å². The summed E-state index contributed by atoms with van der Waals surface area (Å²) in [6.07, 6.45) is 3.80. The highest BCUT2D eigenvalue weighted by molar-refractivity contribution is 6.00. The highest BCUT2D eigenvalue weighted by Gasteiger charge is 2.24. The fourth-order valence-electron chi connectivity index (χ4n) is 5.31. The molecule has 1 aromatic heterocycles. The van der Waals surface area contributed by atoms with Gasteiger partial charge in [0.1, 0.15) is 17.3 Å². The molecule has 0 unspecified atom stereocenters. The van der Waals surface area contributed by atoms with Gasteiger partial charge in [0.25, 0.3) is 11.8 Å². The van der Waals surface area contributed by atoms with Gasteiger partial charge in [-0.05, 0) is 113 Å². The molecule has 4 aromatic rings. The number of aromatic nitrogens is 2. The van der Waals surface area contributed by atoms with E-state index in [1.165, 1.54) is 12.1 Å². The van der Waals surface area contributed by atoms with E-state index in [1.807, 2.05) is 55.6 Å². The van der Waals surface area contributed by atoms with Gasteiger partial charge in [0.2, 0.25) is 0 Å². The summed E-state index contributed by atoms with van der Waals surface area (Å²) in [5.74, 6) is 1.09. The molecule has 1 fully saturated rings. The lowest BCUT2D eigenvalue weighted by atomic mass is 9.96. The summed E-state index contributed by atoms with van der Waals surface area (Å²) >= 11 is 0. The Bertz CT molecular complexity index is 1570. The number of nitrogens with zero attached hydrogens (tertiary/aromatic N) is 3. The first-order valence-corrected chi connectivity index (χ1v) is 14.8. The molecule has 0 spiro atoms. The number of carbonyl (C=O) groups is 2. The molecule has 1 saturated heterocycles. The molecule has 1 aliphatic heterocycles. The van der Waals surface area contributed by atoms with Crippen LogP contribution in [0.1, 0.15) is 59.9 Å². The van der Waals surface area contributed by atoms with Crippen molar-refractivity contribution in [2.75, 3.05) is 26.2 Å². The minimum atomic E-state index is -0.320. The summed E-state index contributed by atoms with van der Waals surface area (Å²) in [4.78, 5) is 27.8. The highest BCUT2D eigenvalue weighted by atomic mass is 19.1. The van der Waals surface area contributed by atoms with Gasteiger partial charge in [0.15, 0.2) is 0 Å². The second-order valence-corrected chi connectivity index (χ2v) is 12.1. The number of rotatable bonds is 9.